The van der Waals surface area contributed by atoms with E-state index in [4.69, 9.17) is 0 Å². The van der Waals surface area contributed by atoms with Crippen LogP contribution in [0.15, 0.2) is 85.1 Å². The molecule has 0 unspecified atom stereocenters. The number of hydrogen-bond acceptors (Lipinski definition) is 2. The van der Waals surface area contributed by atoms with Crippen molar-refractivity contribution in [3.63, 3.8) is 0 Å². The average Bonchev–Trinajstić information content (AvgIpc) is 2.87. The van der Waals surface area contributed by atoms with Crippen LogP contribution in [0.25, 0.3) is 0 Å². The van der Waals surface area contributed by atoms with E-state index in [2.05, 4.69) is 38.2 Å². The summed E-state index contributed by atoms with van der Waals surface area (Å²) in [7, 11) is 0. The van der Waals surface area contributed by atoms with Gasteiger partial charge < -0.3 is 10.6 Å². The monoisotopic (exact) mass is 651 g/mol. The molecule has 1 heterocycles. The van der Waals surface area contributed by atoms with Crippen molar-refractivity contribution in [1.82, 2.24) is 10.3 Å². The molecule has 39 heavy (non-hydrogen) atoms. The summed E-state index contributed by atoms with van der Waals surface area (Å²) in [5, 5.41) is 5.29. The molecule has 10 heteroatoms. The summed E-state index contributed by atoms with van der Waals surface area (Å²) in [6, 6.07) is 17.1. The zero-order valence-corrected chi connectivity index (χ0v) is 22.8. The number of amides is 2. The second-order valence-electron chi connectivity index (χ2n) is 9.07. The van der Waals surface area contributed by atoms with Crippen LogP contribution in [0.3, 0.4) is 0 Å². The first-order valence-electron chi connectivity index (χ1n) is 11.8. The van der Waals surface area contributed by atoms with Crippen molar-refractivity contribution in [3.05, 3.63) is 130 Å². The van der Waals surface area contributed by atoms with Crippen LogP contribution in [0.4, 0.5) is 32.4 Å². The van der Waals surface area contributed by atoms with Gasteiger partial charge in [-0.15, -0.1) is 0 Å². The Kier molecular flexibility index (Phi) is 8.53. The fraction of sp³-hybridized carbons (Fsp3) is 0.172. The van der Waals surface area contributed by atoms with Crippen LogP contribution in [0.1, 0.15) is 33.5 Å². The molecule has 0 bridgehead atoms. The summed E-state index contributed by atoms with van der Waals surface area (Å²) >= 11 is 2.15. The number of aryl methyl sites for hydroxylation is 1. The maximum Gasteiger partial charge on any atom is 0.416 e. The number of nitrogens with one attached hydrogen (secondary N) is 2. The number of nitrogens with zero attached hydrogens (tertiary/aromatic N) is 1. The van der Waals surface area contributed by atoms with Crippen LogP contribution in [0.5, 0.6) is 0 Å². The SMILES string of the molecule is Cc1cccc(C[C@@](NC(=O)Nc2cccc(F)c2)(c2cc(F)cc(C(F)(F)F)c2)c2ccc(CI)cn2)c1. The number of benzene rings is 3. The maximum absolute atomic E-state index is 14.8. The Hall–Kier alpha value is -3.54. The summed E-state index contributed by atoms with van der Waals surface area (Å²) in [5.41, 5.74) is -0.373. The Morgan fingerprint density at radius 3 is 2.26 bits per heavy atom. The van der Waals surface area contributed by atoms with Crippen molar-refractivity contribution in [2.24, 2.45) is 0 Å². The van der Waals surface area contributed by atoms with Gasteiger partial charge in [-0.05, 0) is 66.1 Å². The molecule has 0 aliphatic heterocycles. The molecule has 0 saturated carbocycles. The van der Waals surface area contributed by atoms with Gasteiger partial charge in [0.1, 0.15) is 17.2 Å². The molecule has 2 N–H and O–H groups in total. The van der Waals surface area contributed by atoms with Crippen LogP contribution in [0.2, 0.25) is 0 Å². The number of anilines is 1. The quantitative estimate of drug-likeness (QED) is 0.121. The second kappa shape index (κ2) is 11.7. The molecule has 4 rings (SSSR count). The maximum atomic E-state index is 14.8. The van der Waals surface area contributed by atoms with Crippen LogP contribution in [0, 0.1) is 18.6 Å². The number of hydrogen-bond donors (Lipinski definition) is 2. The normalized spacial score (nSPS) is 13.0. The number of carbonyl (C=O) groups is 1. The first-order valence-corrected chi connectivity index (χ1v) is 13.3. The number of alkyl halides is 4. The zero-order chi connectivity index (χ0) is 28.2. The van der Waals surface area contributed by atoms with Crippen molar-refractivity contribution >= 4 is 34.3 Å². The van der Waals surface area contributed by atoms with Gasteiger partial charge in [-0.25, -0.2) is 13.6 Å². The van der Waals surface area contributed by atoms with Gasteiger partial charge in [-0.3, -0.25) is 4.98 Å². The standard InChI is InChI=1S/C29H23F5IN3O/c1-18-4-2-5-19(10-18)15-28(26-9-8-20(16-35)17-36-26,21-11-22(29(32,33)34)13-24(31)12-21)38-27(39)37-25-7-3-6-23(30)14-25/h2-14,17H,15-16H2,1H3,(H2,37,38,39)/t28-/m1/s1. The van der Waals surface area contributed by atoms with E-state index >= 15 is 0 Å². The minimum absolute atomic E-state index is 0.0530. The molecule has 0 radical (unpaired) electrons. The van der Waals surface area contributed by atoms with Gasteiger partial charge in [-0.1, -0.05) is 64.6 Å². The van der Waals surface area contributed by atoms with E-state index < -0.39 is 34.9 Å². The first kappa shape index (κ1) is 28.5. The minimum Gasteiger partial charge on any atom is -0.322 e. The molecule has 4 aromatic rings. The van der Waals surface area contributed by atoms with E-state index in [1.54, 1.807) is 30.5 Å². The van der Waals surface area contributed by atoms with Gasteiger partial charge in [-0.2, -0.15) is 13.2 Å². The highest BCUT2D eigenvalue weighted by molar-refractivity contribution is 14.1. The number of aromatic nitrogens is 1. The lowest BCUT2D eigenvalue weighted by Crippen LogP contribution is -2.51. The van der Waals surface area contributed by atoms with Gasteiger partial charge in [0.05, 0.1) is 11.3 Å². The molecule has 0 aliphatic rings. The van der Waals surface area contributed by atoms with Crippen LogP contribution in [-0.2, 0) is 22.6 Å². The lowest BCUT2D eigenvalue weighted by atomic mass is 9.79. The fourth-order valence-corrected chi connectivity index (χ4v) is 4.78. The lowest BCUT2D eigenvalue weighted by Gasteiger charge is -2.36. The molecule has 4 nitrogen and oxygen atoms in total. The molecule has 1 aromatic heterocycles. The van der Waals surface area contributed by atoms with Crippen LogP contribution in [-0.4, -0.2) is 11.0 Å². The minimum atomic E-state index is -4.84. The molecule has 0 saturated heterocycles. The highest BCUT2D eigenvalue weighted by atomic mass is 127. The first-order chi connectivity index (χ1) is 18.5. The highest BCUT2D eigenvalue weighted by Crippen LogP contribution is 2.38. The van der Waals surface area contributed by atoms with E-state index in [0.717, 1.165) is 29.3 Å². The van der Waals surface area contributed by atoms with Crippen molar-refractivity contribution in [3.8, 4) is 0 Å². The molecule has 0 fully saturated rings. The Labute approximate surface area is 235 Å². The van der Waals surface area contributed by atoms with Crippen molar-refractivity contribution in [2.75, 3.05) is 5.32 Å². The molecule has 202 valence electrons. The number of halogens is 6. The summed E-state index contributed by atoms with van der Waals surface area (Å²) < 4.78 is 70.5. The second-order valence-corrected chi connectivity index (χ2v) is 9.84. The molecule has 1 atom stereocenters. The van der Waals surface area contributed by atoms with Gasteiger partial charge in [0.2, 0.25) is 0 Å². The van der Waals surface area contributed by atoms with Crippen molar-refractivity contribution in [2.45, 2.75) is 29.5 Å². The highest BCUT2D eigenvalue weighted by Gasteiger charge is 2.41. The van der Waals surface area contributed by atoms with Gasteiger partial charge >= 0.3 is 12.2 Å². The lowest BCUT2D eigenvalue weighted by molar-refractivity contribution is -0.137. The van der Waals surface area contributed by atoms with Crippen molar-refractivity contribution in [1.29, 1.82) is 0 Å². The predicted molar refractivity (Wildman–Crippen MR) is 148 cm³/mol. The Morgan fingerprint density at radius 1 is 0.872 bits per heavy atom. The van der Waals surface area contributed by atoms with Crippen LogP contribution >= 0.6 is 22.6 Å². The molecule has 3 aromatic carbocycles. The fourth-order valence-electron chi connectivity index (χ4n) is 4.33. The number of urea groups is 1. The Balaban J connectivity index is 1.93. The third kappa shape index (κ3) is 6.92. The molecule has 2 amide bonds. The predicted octanol–water partition coefficient (Wildman–Crippen LogP) is 7.93. The smallest absolute Gasteiger partial charge is 0.322 e. The molecular weight excluding hydrogens is 628 g/mol. The van der Waals surface area contributed by atoms with E-state index in [1.165, 1.54) is 18.2 Å². The molecule has 0 aliphatic carbocycles. The summed E-state index contributed by atoms with van der Waals surface area (Å²) in [6.07, 6.45) is -3.33. The summed E-state index contributed by atoms with van der Waals surface area (Å²) in [6.45, 7) is 1.85. The van der Waals surface area contributed by atoms with E-state index in [1.807, 2.05) is 19.1 Å². The number of carbonyl (C=O) groups excluding carboxylic acids is 1. The number of pyridine rings is 1. The van der Waals surface area contributed by atoms with E-state index in [-0.39, 0.29) is 23.4 Å². The van der Waals surface area contributed by atoms with E-state index in [0.29, 0.717) is 16.1 Å². The molecular formula is C29H23F5IN3O. The zero-order valence-electron chi connectivity index (χ0n) is 20.6. The topological polar surface area (TPSA) is 54.0 Å². The third-order valence-electron chi connectivity index (χ3n) is 6.10. The average molecular weight is 651 g/mol. The summed E-state index contributed by atoms with van der Waals surface area (Å²) in [5.74, 6) is -1.71. The van der Waals surface area contributed by atoms with Gasteiger partial charge in [0.25, 0.3) is 0 Å². The van der Waals surface area contributed by atoms with E-state index in [9.17, 15) is 26.7 Å². The third-order valence-corrected chi connectivity index (χ3v) is 6.98. The van der Waals surface area contributed by atoms with Crippen LogP contribution < -0.4 is 10.6 Å². The Bertz CT molecular complexity index is 1480. The number of rotatable bonds is 7. The van der Waals surface area contributed by atoms with Gasteiger partial charge in [0.15, 0.2) is 0 Å². The largest absolute Gasteiger partial charge is 0.416 e. The summed E-state index contributed by atoms with van der Waals surface area (Å²) in [4.78, 5) is 17.8. The van der Waals surface area contributed by atoms with Gasteiger partial charge in [0, 0.05) is 22.7 Å². The molecule has 0 spiro atoms. The Morgan fingerprint density at radius 2 is 1.62 bits per heavy atom. The van der Waals surface area contributed by atoms with Crippen molar-refractivity contribution < 1.29 is 26.7 Å².